The van der Waals surface area contributed by atoms with Gasteiger partial charge in [0.15, 0.2) is 0 Å². The Morgan fingerprint density at radius 1 is 0.638 bits per heavy atom. The normalized spacial score (nSPS) is 16.0. The molecule has 0 saturated heterocycles. The number of hydrogen-bond acceptors (Lipinski definition) is 3. The van der Waals surface area contributed by atoms with Crippen LogP contribution in [-0.2, 0) is 17.3 Å². The second-order valence-electron chi connectivity index (χ2n) is 16.3. The Morgan fingerprint density at radius 2 is 1.36 bits per heavy atom. The van der Waals surface area contributed by atoms with E-state index in [9.17, 15) is 5.11 Å². The predicted octanol–water partition coefficient (Wildman–Crippen LogP) is 14.3. The summed E-state index contributed by atoms with van der Waals surface area (Å²) in [5, 5.41) is 11.4. The molecule has 4 heteroatoms. The molecule has 2 heterocycles. The van der Waals surface area contributed by atoms with Crippen LogP contribution in [0.4, 0.5) is 0 Å². The molecule has 4 nitrogen and oxygen atoms in total. The highest BCUT2D eigenvalue weighted by Crippen LogP contribution is 2.42. The van der Waals surface area contributed by atoms with Gasteiger partial charge in [-0.3, -0.25) is 9.55 Å². The number of phenols is 1. The van der Waals surface area contributed by atoms with Crippen molar-refractivity contribution in [3.63, 3.8) is 0 Å². The lowest BCUT2D eigenvalue weighted by molar-refractivity contribution is 0.477. The molecule has 58 heavy (non-hydrogen) atoms. The summed E-state index contributed by atoms with van der Waals surface area (Å²) in [7, 11) is 0. The minimum absolute atomic E-state index is 0.0637. The highest BCUT2D eigenvalue weighted by atomic mass is 16.3. The molecule has 0 saturated carbocycles. The van der Waals surface area contributed by atoms with E-state index in [1.807, 2.05) is 60.7 Å². The van der Waals surface area contributed by atoms with Crippen LogP contribution in [0, 0.1) is 5.92 Å². The maximum atomic E-state index is 11.4. The second kappa shape index (κ2) is 15.2. The van der Waals surface area contributed by atoms with Gasteiger partial charge in [0.2, 0.25) is 0 Å². The number of benzene rings is 6. The van der Waals surface area contributed by atoms with Gasteiger partial charge >= 0.3 is 0 Å². The summed E-state index contributed by atoms with van der Waals surface area (Å²) in [5.41, 5.74) is 3.98. The van der Waals surface area contributed by atoms with Gasteiger partial charge in [-0.1, -0.05) is 146 Å². The standard InChI is InChI=1S/C54H53N3O/c1-35(2)29-36-21-26-48(46(30-36)38-15-10-9-11-16-38)57-49-19-14-18-44(51(49)56-52(57)45-17-12-13-20-50(45)58)40-31-41(33-43(32-40)54(6,7)8)47-34-39(27-28-55-47)37-22-24-42(25-23-37)53(3,4)5/h9-28,30-35,58H,29H2,1-8H3/i3D3,4D3,5D3,22D,23D,24D,25D. The van der Waals surface area contributed by atoms with E-state index in [1.54, 1.807) is 18.2 Å². The van der Waals surface area contributed by atoms with Gasteiger partial charge in [0.05, 0.1) is 33.5 Å². The summed E-state index contributed by atoms with van der Waals surface area (Å²) in [6.45, 7) is -0.796. The molecule has 0 bridgehead atoms. The largest absolute Gasteiger partial charge is 0.507 e. The number of phenolic OH excluding ortho intramolecular Hbond substituents is 1. The number of aromatic hydroxyl groups is 1. The first-order valence-electron chi connectivity index (χ1n) is 25.9. The Balaban J connectivity index is 1.35. The lowest BCUT2D eigenvalue weighted by Gasteiger charge is -2.22. The maximum Gasteiger partial charge on any atom is 0.149 e. The summed E-state index contributed by atoms with van der Waals surface area (Å²) in [4.78, 5) is 10.1. The molecule has 1 N–H and O–H groups in total. The van der Waals surface area contributed by atoms with Gasteiger partial charge in [-0.2, -0.15) is 0 Å². The highest BCUT2D eigenvalue weighted by Gasteiger charge is 2.24. The molecule has 0 aliphatic heterocycles. The average molecular weight is 773 g/mol. The summed E-state index contributed by atoms with van der Waals surface area (Å²) in [5.74, 6) is 1.02. The van der Waals surface area contributed by atoms with Crippen molar-refractivity contribution >= 4 is 11.0 Å². The van der Waals surface area contributed by atoms with Gasteiger partial charge in [-0.05, 0) is 117 Å². The first-order chi connectivity index (χ1) is 33.2. The lowest BCUT2D eigenvalue weighted by atomic mass is 9.83. The zero-order valence-corrected chi connectivity index (χ0v) is 33.2. The number of rotatable bonds is 8. The Bertz CT molecular complexity index is 3260. The zero-order valence-electron chi connectivity index (χ0n) is 46.2. The van der Waals surface area contributed by atoms with Gasteiger partial charge in [-0.25, -0.2) is 4.98 Å². The first kappa shape index (κ1) is 25.9. The van der Waals surface area contributed by atoms with E-state index in [0.717, 1.165) is 45.4 Å². The fourth-order valence-electron chi connectivity index (χ4n) is 7.40. The number of fused-ring (bicyclic) bond motifs is 1. The molecule has 2 aromatic heterocycles. The van der Waals surface area contributed by atoms with Crippen molar-refractivity contribution in [1.29, 1.82) is 0 Å². The number of nitrogens with zero attached hydrogens (tertiary/aromatic N) is 3. The number of aromatic nitrogens is 3. The Hall–Kier alpha value is -6.26. The fraction of sp³-hybridized carbons (Fsp3) is 0.222. The van der Waals surface area contributed by atoms with Crippen LogP contribution in [0.5, 0.6) is 5.75 Å². The Labute approximate surface area is 362 Å². The third-order valence-electron chi connectivity index (χ3n) is 10.3. The van der Waals surface area contributed by atoms with Crippen LogP contribution < -0.4 is 0 Å². The van der Waals surface area contributed by atoms with E-state index in [1.165, 1.54) is 17.8 Å². The topological polar surface area (TPSA) is 50.9 Å². The molecule has 6 aromatic carbocycles. The average Bonchev–Trinajstić information content (AvgIpc) is 3.68. The fourth-order valence-corrected chi connectivity index (χ4v) is 7.40. The molecule has 0 aliphatic carbocycles. The SMILES string of the molecule is [2H]c1c([2H])c(C(C([2H])([2H])[2H])(C([2H])([2H])[2H])C([2H])([2H])[2H])c([2H])c([2H])c1-c1ccnc(-c2cc(-c3cccc4c3nc(-c3ccccc3O)n4-c3ccc(CC(C)C)cc3-c3ccccc3)cc(C(C)(C)C)c2)c1. The molecular weight excluding hydrogens is 707 g/mol. The van der Waals surface area contributed by atoms with Gasteiger partial charge in [0.1, 0.15) is 11.6 Å². The van der Waals surface area contributed by atoms with Crippen LogP contribution >= 0.6 is 0 Å². The number of para-hydroxylation sites is 2. The van der Waals surface area contributed by atoms with Crippen LogP contribution in [0.25, 0.3) is 72.7 Å². The van der Waals surface area contributed by atoms with Gasteiger partial charge in [0, 0.05) is 35.2 Å². The van der Waals surface area contributed by atoms with E-state index >= 15 is 0 Å². The molecule has 0 unspecified atom stereocenters. The van der Waals surface area contributed by atoms with E-state index in [-0.39, 0.29) is 16.9 Å². The summed E-state index contributed by atoms with van der Waals surface area (Å²) in [6.07, 6.45) is 2.32. The predicted molar refractivity (Wildman–Crippen MR) is 244 cm³/mol. The first-order valence-corrected chi connectivity index (χ1v) is 19.4. The van der Waals surface area contributed by atoms with Crippen molar-refractivity contribution in [2.75, 3.05) is 0 Å². The molecule has 8 rings (SSSR count). The van der Waals surface area contributed by atoms with Crippen LogP contribution in [-0.4, -0.2) is 19.6 Å². The van der Waals surface area contributed by atoms with Crippen molar-refractivity contribution in [2.24, 2.45) is 5.92 Å². The maximum absolute atomic E-state index is 11.4. The van der Waals surface area contributed by atoms with Crippen LogP contribution in [0.2, 0.25) is 0 Å². The molecule has 0 amide bonds. The quantitative estimate of drug-likeness (QED) is 0.167. The van der Waals surface area contributed by atoms with Gasteiger partial charge in [0.25, 0.3) is 0 Å². The van der Waals surface area contributed by atoms with Gasteiger partial charge < -0.3 is 5.11 Å². The van der Waals surface area contributed by atoms with Crippen molar-refractivity contribution in [3.05, 3.63) is 168 Å². The third kappa shape index (κ3) is 7.72. The van der Waals surface area contributed by atoms with Gasteiger partial charge in [-0.15, -0.1) is 0 Å². The molecule has 0 fully saturated rings. The molecule has 0 spiro atoms. The van der Waals surface area contributed by atoms with E-state index in [0.29, 0.717) is 34.1 Å². The van der Waals surface area contributed by atoms with Crippen molar-refractivity contribution in [3.8, 4) is 67.5 Å². The zero-order chi connectivity index (χ0) is 51.7. The summed E-state index contributed by atoms with van der Waals surface area (Å²) < 4.78 is 112. The molecule has 0 radical (unpaired) electrons. The lowest BCUT2D eigenvalue weighted by Crippen LogP contribution is -2.11. The van der Waals surface area contributed by atoms with E-state index in [2.05, 4.69) is 75.6 Å². The minimum atomic E-state index is -3.80. The second-order valence-corrected chi connectivity index (χ2v) is 16.3. The van der Waals surface area contributed by atoms with Crippen LogP contribution in [0.1, 0.15) is 89.7 Å². The minimum Gasteiger partial charge on any atom is -0.507 e. The third-order valence-corrected chi connectivity index (χ3v) is 10.3. The smallest absolute Gasteiger partial charge is 0.149 e. The number of pyridine rings is 1. The van der Waals surface area contributed by atoms with E-state index < -0.39 is 61.1 Å². The van der Waals surface area contributed by atoms with Crippen molar-refractivity contribution in [1.82, 2.24) is 14.5 Å². The monoisotopic (exact) mass is 773 g/mol. The molecule has 0 aliphatic rings. The Kier molecular flexibility index (Phi) is 6.80. The molecular formula is C54H53N3O. The van der Waals surface area contributed by atoms with Crippen LogP contribution in [0.3, 0.4) is 0 Å². The summed E-state index contributed by atoms with van der Waals surface area (Å²) in [6, 6.07) is 35.0. The van der Waals surface area contributed by atoms with E-state index in [4.69, 9.17) is 27.8 Å². The Morgan fingerprint density at radius 3 is 2.09 bits per heavy atom. The molecule has 290 valence electrons. The molecule has 0 atom stereocenters. The van der Waals surface area contributed by atoms with Crippen molar-refractivity contribution in [2.45, 2.75) is 72.4 Å². The van der Waals surface area contributed by atoms with Crippen molar-refractivity contribution < 1.29 is 22.9 Å². The summed E-state index contributed by atoms with van der Waals surface area (Å²) >= 11 is 0. The number of hydrogen-bond donors (Lipinski definition) is 1. The number of imidazole rings is 1. The molecule has 8 aromatic rings. The van der Waals surface area contributed by atoms with Crippen LogP contribution in [0.15, 0.2) is 152 Å². The highest BCUT2D eigenvalue weighted by molar-refractivity contribution is 5.97.